The molecule has 1 unspecified atom stereocenters. The number of hydrogen-bond donors (Lipinski definition) is 2. The summed E-state index contributed by atoms with van der Waals surface area (Å²) in [5, 5.41) is 11.1. The molecule has 1 fully saturated rings. The highest BCUT2D eigenvalue weighted by Crippen LogP contribution is 2.27. The second kappa shape index (κ2) is 6.33. The lowest BCUT2D eigenvalue weighted by molar-refractivity contribution is -0.140. The van der Waals surface area contributed by atoms with Crippen molar-refractivity contribution < 1.29 is 14.7 Å². The van der Waals surface area contributed by atoms with Crippen LogP contribution >= 0.6 is 0 Å². The molecule has 1 aliphatic heterocycles. The van der Waals surface area contributed by atoms with E-state index in [2.05, 4.69) is 4.98 Å². The van der Waals surface area contributed by atoms with Crippen molar-refractivity contribution in [2.24, 2.45) is 5.73 Å². The van der Waals surface area contributed by atoms with Crippen LogP contribution in [0, 0.1) is 0 Å². The molecule has 0 spiro atoms. The molecule has 1 saturated heterocycles. The first-order valence-electron chi connectivity index (χ1n) is 8.20. The molecule has 7 nitrogen and oxygen atoms in total. The molecule has 132 valence electrons. The number of nitrogens with zero attached hydrogens (tertiary/aromatic N) is 3. The number of carbonyl (C=O) groups excluding carboxylic acids is 2. The maximum atomic E-state index is 13.1. The van der Waals surface area contributed by atoms with E-state index in [4.69, 9.17) is 5.73 Å². The summed E-state index contributed by atoms with van der Waals surface area (Å²) < 4.78 is 0. The number of carbonyl (C=O) groups is 2. The van der Waals surface area contributed by atoms with Crippen molar-refractivity contribution in [1.82, 2.24) is 9.88 Å². The van der Waals surface area contributed by atoms with Gasteiger partial charge in [0.1, 0.15) is 5.82 Å². The third kappa shape index (κ3) is 3.15. The first-order chi connectivity index (χ1) is 11.8. The third-order valence-corrected chi connectivity index (χ3v) is 4.61. The van der Waals surface area contributed by atoms with Crippen LogP contribution in [0.25, 0.3) is 10.9 Å². The first-order valence-corrected chi connectivity index (χ1v) is 8.20. The van der Waals surface area contributed by atoms with Crippen molar-refractivity contribution in [2.75, 3.05) is 32.1 Å². The molecule has 1 aromatic heterocycles. The number of benzene rings is 1. The largest absolute Gasteiger partial charge is 0.378 e. The number of rotatable bonds is 3. The fraction of sp³-hybridized carbons (Fsp3) is 0.389. The minimum absolute atomic E-state index is 0.0882. The van der Waals surface area contributed by atoms with Crippen LogP contribution in [0.3, 0.4) is 0 Å². The van der Waals surface area contributed by atoms with Crippen molar-refractivity contribution >= 4 is 28.5 Å². The smallest absolute Gasteiger partial charge is 0.254 e. The van der Waals surface area contributed by atoms with E-state index in [0.717, 1.165) is 10.9 Å². The summed E-state index contributed by atoms with van der Waals surface area (Å²) in [6.07, 6.45) is 0.793. The van der Waals surface area contributed by atoms with Gasteiger partial charge in [-0.25, -0.2) is 4.98 Å². The lowest BCUT2D eigenvalue weighted by Gasteiger charge is -2.37. The highest BCUT2D eigenvalue weighted by atomic mass is 16.3. The van der Waals surface area contributed by atoms with E-state index >= 15 is 0 Å². The van der Waals surface area contributed by atoms with Gasteiger partial charge in [-0.3, -0.25) is 9.59 Å². The number of hydrogen-bond acceptors (Lipinski definition) is 5. The molecule has 2 heterocycles. The number of nitrogens with two attached hydrogens (primary N) is 1. The molecule has 25 heavy (non-hydrogen) atoms. The molecule has 1 aromatic carbocycles. The summed E-state index contributed by atoms with van der Waals surface area (Å²) in [6, 6.07) is 9.17. The number of anilines is 1. The SMILES string of the molecule is CN(C)c1cc(C(=O)N2CCCC(O)(C(N)=O)C2)c2ccccc2n1. The molecular weight excluding hydrogens is 320 g/mol. The Morgan fingerprint density at radius 1 is 1.32 bits per heavy atom. The normalized spacial score (nSPS) is 20.5. The number of β-amino-alcohol motifs (C(OH)–C–C–N with tert-alkyl or cyclic N) is 1. The average molecular weight is 342 g/mol. The number of likely N-dealkylation sites (tertiary alicyclic amines) is 1. The molecule has 2 aromatic rings. The van der Waals surface area contributed by atoms with Gasteiger partial charge in [-0.2, -0.15) is 0 Å². The number of amides is 2. The van der Waals surface area contributed by atoms with Gasteiger partial charge in [0.15, 0.2) is 5.60 Å². The van der Waals surface area contributed by atoms with E-state index in [-0.39, 0.29) is 18.9 Å². The van der Waals surface area contributed by atoms with Crippen LogP contribution in [0.2, 0.25) is 0 Å². The molecule has 0 bridgehead atoms. The van der Waals surface area contributed by atoms with E-state index in [1.807, 2.05) is 43.3 Å². The van der Waals surface area contributed by atoms with Gasteiger partial charge in [-0.15, -0.1) is 0 Å². The van der Waals surface area contributed by atoms with E-state index in [1.54, 1.807) is 6.07 Å². The van der Waals surface area contributed by atoms with Crippen LogP contribution in [0.4, 0.5) is 5.82 Å². The van der Waals surface area contributed by atoms with Crippen LogP contribution in [-0.4, -0.2) is 59.6 Å². The first kappa shape index (κ1) is 17.2. The van der Waals surface area contributed by atoms with E-state index < -0.39 is 11.5 Å². The molecule has 0 aliphatic carbocycles. The van der Waals surface area contributed by atoms with Gasteiger partial charge < -0.3 is 20.6 Å². The number of aliphatic hydroxyl groups is 1. The number of pyridine rings is 1. The minimum atomic E-state index is -1.67. The Hall–Kier alpha value is -2.67. The molecule has 2 amide bonds. The van der Waals surface area contributed by atoms with Gasteiger partial charge >= 0.3 is 0 Å². The Kier molecular flexibility index (Phi) is 4.34. The Labute approximate surface area is 146 Å². The zero-order valence-electron chi connectivity index (χ0n) is 14.4. The van der Waals surface area contributed by atoms with Crippen LogP contribution in [-0.2, 0) is 4.79 Å². The second-order valence-corrected chi connectivity index (χ2v) is 6.67. The topological polar surface area (TPSA) is 99.8 Å². The average Bonchev–Trinajstić information content (AvgIpc) is 2.60. The van der Waals surface area contributed by atoms with E-state index in [9.17, 15) is 14.7 Å². The molecule has 7 heteroatoms. The van der Waals surface area contributed by atoms with E-state index in [0.29, 0.717) is 24.3 Å². The fourth-order valence-corrected chi connectivity index (χ4v) is 3.15. The summed E-state index contributed by atoms with van der Waals surface area (Å²) in [6.45, 7) is 0.386. The predicted molar refractivity (Wildman–Crippen MR) is 95.4 cm³/mol. The van der Waals surface area contributed by atoms with Gasteiger partial charge in [0.25, 0.3) is 11.8 Å². The molecule has 1 atom stereocenters. The number of piperidine rings is 1. The van der Waals surface area contributed by atoms with Gasteiger partial charge in [-0.05, 0) is 25.0 Å². The molecule has 1 aliphatic rings. The summed E-state index contributed by atoms with van der Waals surface area (Å²) in [4.78, 5) is 32.5. The number of fused-ring (bicyclic) bond motifs is 1. The lowest BCUT2D eigenvalue weighted by Crippen LogP contribution is -2.57. The molecule has 3 N–H and O–H groups in total. The lowest BCUT2D eigenvalue weighted by atomic mass is 9.91. The maximum absolute atomic E-state index is 13.1. The number of primary amides is 1. The van der Waals surface area contributed by atoms with Crippen molar-refractivity contribution in [3.8, 4) is 0 Å². The van der Waals surface area contributed by atoms with Gasteiger partial charge in [-0.1, -0.05) is 18.2 Å². The van der Waals surface area contributed by atoms with Crippen molar-refractivity contribution in [3.05, 3.63) is 35.9 Å². The zero-order valence-corrected chi connectivity index (χ0v) is 14.4. The molecule has 0 saturated carbocycles. The van der Waals surface area contributed by atoms with Crippen LogP contribution in [0.15, 0.2) is 30.3 Å². The Morgan fingerprint density at radius 3 is 2.72 bits per heavy atom. The molecular formula is C18H22N4O3. The third-order valence-electron chi connectivity index (χ3n) is 4.61. The van der Waals surface area contributed by atoms with Gasteiger partial charge in [0.05, 0.1) is 17.6 Å². The summed E-state index contributed by atoms with van der Waals surface area (Å²) in [5.74, 6) is -0.358. The van der Waals surface area contributed by atoms with Crippen LogP contribution in [0.5, 0.6) is 0 Å². The Morgan fingerprint density at radius 2 is 2.04 bits per heavy atom. The summed E-state index contributed by atoms with van der Waals surface area (Å²) in [5.41, 5.74) is 4.87. The minimum Gasteiger partial charge on any atom is -0.378 e. The molecule has 0 radical (unpaired) electrons. The molecule has 3 rings (SSSR count). The van der Waals surface area contributed by atoms with Crippen LogP contribution in [0.1, 0.15) is 23.2 Å². The second-order valence-electron chi connectivity index (χ2n) is 6.67. The standard InChI is InChI=1S/C18H22N4O3/c1-21(2)15-10-13(12-6-3-4-7-14(12)20-15)16(23)22-9-5-8-18(25,11-22)17(19)24/h3-4,6-7,10,25H,5,8-9,11H2,1-2H3,(H2,19,24). The van der Waals surface area contributed by atoms with Crippen molar-refractivity contribution in [2.45, 2.75) is 18.4 Å². The van der Waals surface area contributed by atoms with Gasteiger partial charge in [0.2, 0.25) is 0 Å². The monoisotopic (exact) mass is 342 g/mol. The zero-order chi connectivity index (χ0) is 18.2. The Bertz CT molecular complexity index is 836. The van der Waals surface area contributed by atoms with Gasteiger partial charge in [0, 0.05) is 26.0 Å². The predicted octanol–water partition coefficient (Wildman–Crippen LogP) is 0.753. The van der Waals surface area contributed by atoms with Crippen molar-refractivity contribution in [1.29, 1.82) is 0 Å². The highest BCUT2D eigenvalue weighted by Gasteiger charge is 2.40. The summed E-state index contributed by atoms with van der Waals surface area (Å²) in [7, 11) is 3.72. The highest BCUT2D eigenvalue weighted by molar-refractivity contribution is 6.07. The van der Waals surface area contributed by atoms with Crippen LogP contribution < -0.4 is 10.6 Å². The van der Waals surface area contributed by atoms with Crippen molar-refractivity contribution in [3.63, 3.8) is 0 Å². The van der Waals surface area contributed by atoms with E-state index in [1.165, 1.54) is 4.90 Å². The number of aromatic nitrogens is 1. The number of para-hydroxylation sites is 1. The fourth-order valence-electron chi connectivity index (χ4n) is 3.15. The quantitative estimate of drug-likeness (QED) is 0.857. The maximum Gasteiger partial charge on any atom is 0.254 e. The Balaban J connectivity index is 2.03. The summed E-state index contributed by atoms with van der Waals surface area (Å²) >= 11 is 0.